The molecule has 2 atom stereocenters. The first-order chi connectivity index (χ1) is 12.1. The summed E-state index contributed by atoms with van der Waals surface area (Å²) < 4.78 is 10.6. The number of nitrogens with zero attached hydrogens (tertiary/aromatic N) is 3. The zero-order valence-corrected chi connectivity index (χ0v) is 15.7. The fourth-order valence-corrected chi connectivity index (χ4v) is 5.01. The number of nitrogens with one attached hydrogen (secondary N) is 1. The minimum absolute atomic E-state index is 0.0275. The lowest BCUT2D eigenvalue weighted by Crippen LogP contribution is -2.62. The monoisotopic (exact) mass is 380 g/mol. The van der Waals surface area contributed by atoms with Crippen LogP contribution in [0.3, 0.4) is 0 Å². The van der Waals surface area contributed by atoms with Gasteiger partial charge >= 0.3 is 5.19 Å². The van der Waals surface area contributed by atoms with Crippen molar-refractivity contribution in [2.45, 2.75) is 31.8 Å². The first-order valence-electron chi connectivity index (χ1n) is 8.34. The highest BCUT2D eigenvalue weighted by Gasteiger charge is 2.40. The normalized spacial score (nSPS) is 27.9. The Morgan fingerprint density at radius 1 is 1.24 bits per heavy atom. The molecule has 1 amide bonds. The van der Waals surface area contributed by atoms with E-state index < -0.39 is 0 Å². The molecule has 0 radical (unpaired) electrons. The van der Waals surface area contributed by atoms with E-state index >= 15 is 0 Å². The summed E-state index contributed by atoms with van der Waals surface area (Å²) in [6.07, 6.45) is 2.35. The third-order valence-corrected chi connectivity index (χ3v) is 6.76. The van der Waals surface area contributed by atoms with Gasteiger partial charge in [-0.2, -0.15) is 0 Å². The third kappa shape index (κ3) is 3.36. The van der Waals surface area contributed by atoms with Crippen molar-refractivity contribution in [3.63, 3.8) is 0 Å². The number of aromatic nitrogens is 2. The van der Waals surface area contributed by atoms with E-state index in [1.807, 2.05) is 0 Å². The van der Waals surface area contributed by atoms with E-state index in [0.29, 0.717) is 32.3 Å². The molecule has 25 heavy (non-hydrogen) atoms. The summed E-state index contributed by atoms with van der Waals surface area (Å²) in [6, 6.07) is 4.21. The van der Waals surface area contributed by atoms with Crippen molar-refractivity contribution >= 4 is 28.6 Å². The smallest absolute Gasteiger partial charge is 0.303 e. The quantitative estimate of drug-likeness (QED) is 0.859. The van der Waals surface area contributed by atoms with Crippen molar-refractivity contribution < 1.29 is 14.3 Å². The van der Waals surface area contributed by atoms with Gasteiger partial charge in [-0.25, -0.2) is 0 Å². The van der Waals surface area contributed by atoms with Crippen LogP contribution in [0.1, 0.15) is 29.4 Å². The van der Waals surface area contributed by atoms with Crippen LogP contribution in [0.4, 0.5) is 0 Å². The average molecular weight is 380 g/mol. The van der Waals surface area contributed by atoms with Gasteiger partial charge in [-0.05, 0) is 62.2 Å². The summed E-state index contributed by atoms with van der Waals surface area (Å²) in [7, 11) is 1.54. The fourth-order valence-electron chi connectivity index (χ4n) is 3.67. The fraction of sp³-hybridized carbons (Fsp3) is 0.562. The Bertz CT molecular complexity index is 752. The first kappa shape index (κ1) is 16.7. The van der Waals surface area contributed by atoms with Crippen LogP contribution in [0.2, 0.25) is 0 Å². The number of hydrogen-bond acceptors (Lipinski definition) is 8. The summed E-state index contributed by atoms with van der Waals surface area (Å²) in [6.45, 7) is 4.52. The summed E-state index contributed by atoms with van der Waals surface area (Å²) in [5.41, 5.74) is 0. The predicted octanol–water partition coefficient (Wildman–Crippen LogP) is 2.61. The van der Waals surface area contributed by atoms with E-state index in [-0.39, 0.29) is 11.9 Å². The van der Waals surface area contributed by atoms with Crippen LogP contribution in [-0.2, 0) is 0 Å². The molecule has 0 aliphatic carbocycles. The molecular formula is C16H20N4O3S2. The Labute approximate surface area is 154 Å². The van der Waals surface area contributed by atoms with Crippen molar-refractivity contribution in [1.29, 1.82) is 0 Å². The molecule has 3 saturated heterocycles. The number of carbonyl (C=O) groups is 1. The lowest BCUT2D eigenvalue weighted by atomic mass is 9.79. The molecule has 1 N–H and O–H groups in total. The number of thiophene rings is 1. The minimum atomic E-state index is -0.0275. The summed E-state index contributed by atoms with van der Waals surface area (Å²) in [4.78, 5) is 15.7. The van der Waals surface area contributed by atoms with E-state index in [1.165, 1.54) is 42.6 Å². The molecule has 0 aromatic carbocycles. The van der Waals surface area contributed by atoms with Gasteiger partial charge in [-0.1, -0.05) is 21.5 Å². The van der Waals surface area contributed by atoms with E-state index in [9.17, 15) is 4.79 Å². The largest absolute Gasteiger partial charge is 0.472 e. The van der Waals surface area contributed by atoms with Gasteiger partial charge in [-0.15, -0.1) is 0 Å². The van der Waals surface area contributed by atoms with Gasteiger partial charge in [0.15, 0.2) is 5.06 Å². The van der Waals surface area contributed by atoms with E-state index in [4.69, 9.17) is 9.47 Å². The maximum absolute atomic E-state index is 12.6. The molecule has 2 aromatic rings. The third-order valence-electron chi connectivity index (χ3n) is 5.03. The van der Waals surface area contributed by atoms with Crippen LogP contribution >= 0.6 is 22.7 Å². The molecule has 134 valence electrons. The topological polar surface area (TPSA) is 76.6 Å². The minimum Gasteiger partial charge on any atom is -0.472 e. The number of methoxy groups -OCH3 is 1. The number of piperidine rings is 3. The van der Waals surface area contributed by atoms with E-state index in [2.05, 4.69) is 27.3 Å². The second-order valence-corrected chi connectivity index (χ2v) is 8.32. The molecule has 3 aliphatic heterocycles. The molecule has 7 nitrogen and oxygen atoms in total. The van der Waals surface area contributed by atoms with Crippen LogP contribution in [0.15, 0.2) is 12.1 Å². The van der Waals surface area contributed by atoms with Crippen molar-refractivity contribution in [2.24, 2.45) is 5.92 Å². The molecular weight excluding hydrogens is 360 g/mol. The number of amides is 1. The molecule has 3 fully saturated rings. The lowest BCUT2D eigenvalue weighted by Gasteiger charge is -2.49. The number of ether oxygens (including phenoxy) is 2. The van der Waals surface area contributed by atoms with Crippen molar-refractivity contribution in [3.8, 4) is 15.5 Å². The summed E-state index contributed by atoms with van der Waals surface area (Å²) in [5, 5.41) is 12.4. The highest BCUT2D eigenvalue weighted by Crippen LogP contribution is 2.35. The van der Waals surface area contributed by atoms with Crippen LogP contribution in [-0.4, -0.2) is 53.3 Å². The van der Waals surface area contributed by atoms with Gasteiger partial charge in [0.05, 0.1) is 12.0 Å². The molecule has 0 unspecified atom stereocenters. The van der Waals surface area contributed by atoms with Crippen molar-refractivity contribution in [3.05, 3.63) is 17.0 Å². The Hall–Kier alpha value is -1.71. The van der Waals surface area contributed by atoms with Gasteiger partial charge in [0.1, 0.15) is 0 Å². The van der Waals surface area contributed by atoms with Gasteiger partial charge in [0.2, 0.25) is 0 Å². The van der Waals surface area contributed by atoms with Crippen LogP contribution in [0, 0.1) is 5.92 Å². The summed E-state index contributed by atoms with van der Waals surface area (Å²) in [5.74, 6) is 0.564. The second kappa shape index (κ2) is 6.89. The molecule has 5 heterocycles. The van der Waals surface area contributed by atoms with Gasteiger partial charge in [0.25, 0.3) is 11.1 Å². The average Bonchev–Trinajstić information content (AvgIpc) is 3.28. The van der Waals surface area contributed by atoms with Crippen molar-refractivity contribution in [1.82, 2.24) is 20.4 Å². The highest BCUT2D eigenvalue weighted by molar-refractivity contribution is 7.16. The number of hydrogen-bond donors (Lipinski definition) is 1. The molecule has 0 saturated carbocycles. The van der Waals surface area contributed by atoms with Gasteiger partial charge < -0.3 is 14.8 Å². The second-order valence-electron chi connectivity index (χ2n) is 6.37. The highest BCUT2D eigenvalue weighted by atomic mass is 32.1. The zero-order valence-electron chi connectivity index (χ0n) is 14.1. The first-order valence-corrected chi connectivity index (χ1v) is 9.97. The predicted molar refractivity (Wildman–Crippen MR) is 95.9 cm³/mol. The summed E-state index contributed by atoms with van der Waals surface area (Å²) >= 11 is 2.53. The van der Waals surface area contributed by atoms with E-state index in [1.54, 1.807) is 12.1 Å². The molecule has 9 heteroatoms. The van der Waals surface area contributed by atoms with Crippen LogP contribution in [0.5, 0.6) is 15.5 Å². The standard InChI is InChI=1S/C16H20N4O3S2/c1-9-13(10-5-7-20(9)8-6-10)17-14(21)11-3-4-12(24-11)23-16-19-18-15(22-2)25-16/h3-4,9-10,13H,5-8H2,1-2H3,(H,17,21)/t9-,13-/m0/s1. The number of carbonyl (C=O) groups excluding carboxylic acids is 1. The maximum atomic E-state index is 12.6. The number of fused-ring (bicyclic) bond motifs is 3. The zero-order chi connectivity index (χ0) is 17.4. The van der Waals surface area contributed by atoms with Crippen molar-refractivity contribution in [2.75, 3.05) is 20.2 Å². The molecule has 3 aliphatic rings. The SMILES string of the molecule is COc1nnc(Oc2ccc(C(=O)N[C@@H]3C4CCN(CC4)[C@H]3C)s2)s1. The van der Waals surface area contributed by atoms with Gasteiger partial charge in [-0.3, -0.25) is 9.69 Å². The molecule has 0 spiro atoms. The van der Waals surface area contributed by atoms with E-state index in [0.717, 1.165) is 13.1 Å². The molecule has 2 bridgehead atoms. The van der Waals surface area contributed by atoms with Gasteiger partial charge in [0, 0.05) is 12.1 Å². The Morgan fingerprint density at radius 2 is 2.00 bits per heavy atom. The van der Waals surface area contributed by atoms with Crippen LogP contribution < -0.4 is 14.8 Å². The number of rotatable bonds is 5. The maximum Gasteiger partial charge on any atom is 0.303 e. The van der Waals surface area contributed by atoms with Crippen LogP contribution in [0.25, 0.3) is 0 Å². The Morgan fingerprint density at radius 3 is 2.68 bits per heavy atom. The Kier molecular flexibility index (Phi) is 4.61. The lowest BCUT2D eigenvalue weighted by molar-refractivity contribution is 0.0218. The molecule has 5 rings (SSSR count). The Balaban J connectivity index is 1.40. The molecule has 2 aromatic heterocycles.